The lowest BCUT2D eigenvalue weighted by molar-refractivity contribution is -0.143. The largest absolute Gasteiger partial charge is 0.481 e. The molecule has 0 saturated carbocycles. The van der Waals surface area contributed by atoms with Gasteiger partial charge < -0.3 is 14.5 Å². The van der Waals surface area contributed by atoms with Crippen LogP contribution in [0.15, 0.2) is 28.8 Å². The van der Waals surface area contributed by atoms with Gasteiger partial charge in [-0.25, -0.2) is 0 Å². The van der Waals surface area contributed by atoms with Crippen molar-refractivity contribution in [1.82, 2.24) is 24.8 Å². The second kappa shape index (κ2) is 11.0. The number of hydrogen-bond donors (Lipinski definition) is 1. The van der Waals surface area contributed by atoms with Gasteiger partial charge in [-0.15, -0.1) is 0 Å². The number of piperidine rings is 1. The molecular weight excluding hydrogens is 487 g/mol. The molecule has 1 saturated heterocycles. The van der Waals surface area contributed by atoms with Gasteiger partial charge in [0, 0.05) is 24.3 Å². The molecular formula is C26H32F3N5O3. The second-order valence-corrected chi connectivity index (χ2v) is 9.93. The Morgan fingerprint density at radius 3 is 2.57 bits per heavy atom. The molecule has 11 heteroatoms. The Morgan fingerprint density at radius 1 is 1.22 bits per heavy atom. The molecule has 0 spiro atoms. The Balaban J connectivity index is 1.52. The van der Waals surface area contributed by atoms with Crippen LogP contribution in [0.1, 0.15) is 50.4 Å². The van der Waals surface area contributed by atoms with Crippen LogP contribution in [-0.2, 0) is 30.4 Å². The first kappa shape index (κ1) is 26.8. The van der Waals surface area contributed by atoms with Crippen molar-refractivity contribution in [3.63, 3.8) is 0 Å². The monoisotopic (exact) mass is 519 g/mol. The van der Waals surface area contributed by atoms with Crippen LogP contribution in [0.25, 0.3) is 23.0 Å². The van der Waals surface area contributed by atoms with Crippen LogP contribution in [0.5, 0.6) is 0 Å². The van der Waals surface area contributed by atoms with Gasteiger partial charge in [-0.05, 0) is 69.3 Å². The van der Waals surface area contributed by atoms with Crippen LogP contribution in [0, 0.1) is 11.8 Å². The van der Waals surface area contributed by atoms with E-state index in [-0.39, 0.29) is 35.2 Å². The smallest absolute Gasteiger partial charge is 0.416 e. The van der Waals surface area contributed by atoms with Gasteiger partial charge in [-0.2, -0.15) is 23.3 Å². The lowest BCUT2D eigenvalue weighted by Crippen LogP contribution is -2.37. The van der Waals surface area contributed by atoms with Crippen molar-refractivity contribution < 1.29 is 27.6 Å². The van der Waals surface area contributed by atoms with Crippen molar-refractivity contribution in [2.24, 2.45) is 11.8 Å². The molecule has 3 aromatic rings. The van der Waals surface area contributed by atoms with Gasteiger partial charge in [0.25, 0.3) is 5.89 Å². The zero-order valence-electron chi connectivity index (χ0n) is 21.3. The first-order valence-corrected chi connectivity index (χ1v) is 12.6. The molecule has 37 heavy (non-hydrogen) atoms. The summed E-state index contributed by atoms with van der Waals surface area (Å²) >= 11 is 0. The average Bonchev–Trinajstić information content (AvgIpc) is 3.49. The predicted molar refractivity (Wildman–Crippen MR) is 131 cm³/mol. The minimum Gasteiger partial charge on any atom is -0.481 e. The molecule has 4 rings (SSSR count). The number of carboxylic acid groups (broad SMARTS) is 1. The van der Waals surface area contributed by atoms with Gasteiger partial charge in [0.05, 0.1) is 11.5 Å². The molecule has 1 fully saturated rings. The maximum Gasteiger partial charge on any atom is 0.416 e. The minimum atomic E-state index is -4.54. The van der Waals surface area contributed by atoms with E-state index in [0.29, 0.717) is 50.6 Å². The zero-order valence-corrected chi connectivity index (χ0v) is 21.3. The van der Waals surface area contributed by atoms with Crippen molar-refractivity contribution in [2.45, 2.75) is 59.2 Å². The molecule has 1 aliphatic rings. The number of rotatable bonds is 9. The SMILES string of the molecule is CCn1nc(-c2nc(-c3ccc(CCN4CCC(C(=O)O)CC4)c(C(F)(F)F)c3)no2)cc1CC(C)C. The summed E-state index contributed by atoms with van der Waals surface area (Å²) in [5, 5.41) is 17.6. The molecule has 0 radical (unpaired) electrons. The predicted octanol–water partition coefficient (Wildman–Crippen LogP) is 5.18. The van der Waals surface area contributed by atoms with E-state index in [1.54, 1.807) is 6.07 Å². The fraction of sp³-hybridized carbons (Fsp3) is 0.538. The Hall–Kier alpha value is -3.21. The van der Waals surface area contributed by atoms with Crippen LogP contribution >= 0.6 is 0 Å². The van der Waals surface area contributed by atoms with E-state index in [1.165, 1.54) is 6.07 Å². The van der Waals surface area contributed by atoms with Crippen molar-refractivity contribution in [3.8, 4) is 23.0 Å². The van der Waals surface area contributed by atoms with Gasteiger partial charge >= 0.3 is 12.1 Å². The third kappa shape index (κ3) is 6.38. The van der Waals surface area contributed by atoms with Gasteiger partial charge in [-0.3, -0.25) is 9.48 Å². The van der Waals surface area contributed by atoms with Crippen LogP contribution in [0.2, 0.25) is 0 Å². The fourth-order valence-corrected chi connectivity index (χ4v) is 4.74. The van der Waals surface area contributed by atoms with Gasteiger partial charge in [0.1, 0.15) is 0 Å². The molecule has 1 aromatic carbocycles. The third-order valence-electron chi connectivity index (χ3n) is 6.73. The molecule has 200 valence electrons. The number of aliphatic carboxylic acids is 1. The summed E-state index contributed by atoms with van der Waals surface area (Å²) in [7, 11) is 0. The molecule has 0 atom stereocenters. The highest BCUT2D eigenvalue weighted by atomic mass is 19.4. The normalized spacial score (nSPS) is 15.5. The first-order valence-electron chi connectivity index (χ1n) is 12.6. The zero-order chi connectivity index (χ0) is 26.7. The van der Waals surface area contributed by atoms with E-state index in [9.17, 15) is 18.0 Å². The minimum absolute atomic E-state index is 0.0688. The van der Waals surface area contributed by atoms with E-state index in [2.05, 4.69) is 29.1 Å². The van der Waals surface area contributed by atoms with Crippen molar-refractivity contribution >= 4 is 5.97 Å². The molecule has 1 aliphatic heterocycles. The first-order chi connectivity index (χ1) is 17.5. The number of aromatic nitrogens is 4. The van der Waals surface area contributed by atoms with Crippen LogP contribution in [0.3, 0.4) is 0 Å². The molecule has 0 aliphatic carbocycles. The average molecular weight is 520 g/mol. The molecule has 0 bridgehead atoms. The number of nitrogens with zero attached hydrogens (tertiary/aromatic N) is 5. The van der Waals surface area contributed by atoms with Crippen LogP contribution in [-0.4, -0.2) is 55.5 Å². The molecule has 1 N–H and O–H groups in total. The lowest BCUT2D eigenvalue weighted by atomic mass is 9.96. The molecule has 8 nitrogen and oxygen atoms in total. The number of likely N-dealkylation sites (tertiary alicyclic amines) is 1. The Bertz CT molecular complexity index is 1230. The third-order valence-corrected chi connectivity index (χ3v) is 6.73. The standard InChI is InChI=1S/C26H32F3N5O3/c1-4-34-20(13-16(2)3)15-22(31-34)24-30-23(32-37-24)19-6-5-17(21(14-19)26(27,28)29)7-10-33-11-8-18(9-12-33)25(35)36/h5-6,14-16,18H,4,7-13H2,1-3H3,(H,35,36). The highest BCUT2D eigenvalue weighted by Gasteiger charge is 2.34. The number of hydrogen-bond acceptors (Lipinski definition) is 6. The van der Waals surface area contributed by atoms with E-state index in [4.69, 9.17) is 9.63 Å². The molecule has 0 amide bonds. The van der Waals surface area contributed by atoms with Gasteiger partial charge in [0.15, 0.2) is 5.69 Å². The van der Waals surface area contributed by atoms with Crippen LogP contribution < -0.4 is 0 Å². The number of halogens is 3. The fourth-order valence-electron chi connectivity index (χ4n) is 4.74. The van der Waals surface area contributed by atoms with Crippen molar-refractivity contribution in [2.75, 3.05) is 19.6 Å². The number of aryl methyl sites for hydroxylation is 1. The van der Waals surface area contributed by atoms with Crippen molar-refractivity contribution in [3.05, 3.63) is 41.1 Å². The van der Waals surface area contributed by atoms with Gasteiger partial charge in [-0.1, -0.05) is 31.1 Å². The highest BCUT2D eigenvalue weighted by Crippen LogP contribution is 2.35. The summed E-state index contributed by atoms with van der Waals surface area (Å²) in [5.41, 5.74) is 1.19. The molecule has 3 heterocycles. The Kier molecular flexibility index (Phi) is 8.01. The summed E-state index contributed by atoms with van der Waals surface area (Å²) in [6.07, 6.45) is -2.49. The van der Waals surface area contributed by atoms with E-state index < -0.39 is 17.7 Å². The number of carboxylic acids is 1. The summed E-state index contributed by atoms with van der Waals surface area (Å²) < 4.78 is 49.1. The van der Waals surface area contributed by atoms with E-state index >= 15 is 0 Å². The lowest BCUT2D eigenvalue weighted by Gasteiger charge is -2.30. The summed E-state index contributed by atoms with van der Waals surface area (Å²) in [6.45, 7) is 8.44. The van der Waals surface area contributed by atoms with Gasteiger partial charge in [0.2, 0.25) is 5.82 Å². The van der Waals surface area contributed by atoms with E-state index in [0.717, 1.165) is 18.2 Å². The van der Waals surface area contributed by atoms with Crippen molar-refractivity contribution in [1.29, 1.82) is 0 Å². The topological polar surface area (TPSA) is 97.3 Å². The second-order valence-electron chi connectivity index (χ2n) is 9.93. The molecule has 0 unspecified atom stereocenters. The maximum absolute atomic E-state index is 14.0. The van der Waals surface area contributed by atoms with Crippen LogP contribution in [0.4, 0.5) is 13.2 Å². The Labute approximate surface area is 213 Å². The highest BCUT2D eigenvalue weighted by molar-refractivity contribution is 5.70. The quantitative estimate of drug-likeness (QED) is 0.416. The summed E-state index contributed by atoms with van der Waals surface area (Å²) in [4.78, 5) is 17.5. The summed E-state index contributed by atoms with van der Waals surface area (Å²) in [6, 6.07) is 5.98. The maximum atomic E-state index is 14.0. The number of alkyl halides is 3. The molecule has 2 aromatic heterocycles. The van der Waals surface area contributed by atoms with E-state index in [1.807, 2.05) is 22.6 Å². The summed E-state index contributed by atoms with van der Waals surface area (Å²) in [5.74, 6) is -0.523. The Morgan fingerprint density at radius 2 is 1.95 bits per heavy atom. The number of benzene rings is 1. The number of carbonyl (C=O) groups is 1.